The first kappa shape index (κ1) is 48.2. The predicted octanol–water partition coefficient (Wildman–Crippen LogP) is 1.50. The zero-order valence-electron chi connectivity index (χ0n) is 35.7. The number of carbonyl (C=O) groups excluding carboxylic acids is 7. The summed E-state index contributed by atoms with van der Waals surface area (Å²) in [4.78, 5) is 92.7. The van der Waals surface area contributed by atoms with Crippen molar-refractivity contribution in [3.63, 3.8) is 0 Å². The van der Waals surface area contributed by atoms with Gasteiger partial charge in [-0.2, -0.15) is 0 Å². The second-order valence-corrected chi connectivity index (χ2v) is 19.1. The Labute approximate surface area is 380 Å². The molecule has 5 amide bonds. The number of hydrogen-bond donors (Lipinski definition) is 6. The van der Waals surface area contributed by atoms with Gasteiger partial charge in [0, 0.05) is 36.3 Å². The Balaban J connectivity index is 1.15. The average Bonchev–Trinajstić information content (AvgIpc) is 3.78. The summed E-state index contributed by atoms with van der Waals surface area (Å²) in [5.41, 5.74) is 4.88. The number of nitrogens with two attached hydrogens (primary N) is 1. The number of nitrogens with zero attached hydrogens (tertiary/aromatic N) is 1. The van der Waals surface area contributed by atoms with Crippen LogP contribution >= 0.6 is 0 Å². The van der Waals surface area contributed by atoms with Gasteiger partial charge in [-0.1, -0.05) is 67.2 Å². The molecule has 19 nitrogen and oxygen atoms in total. The normalized spacial score (nSPS) is 15.9. The maximum atomic E-state index is 13.8. The Hall–Kier alpha value is -7.23. The molecule has 6 rings (SSSR count). The van der Waals surface area contributed by atoms with Gasteiger partial charge in [0.15, 0.2) is 21.4 Å². The van der Waals surface area contributed by atoms with Gasteiger partial charge >= 0.3 is 0 Å². The Kier molecular flexibility index (Phi) is 14.5. The summed E-state index contributed by atoms with van der Waals surface area (Å²) < 4.78 is 64.2. The number of nitrogen functional groups attached to an aromatic ring is 1. The smallest absolute Gasteiger partial charge is 0.245 e. The molecule has 1 fully saturated rings. The third-order valence-electron chi connectivity index (χ3n) is 11.0. The van der Waals surface area contributed by atoms with E-state index in [0.717, 1.165) is 12.1 Å². The van der Waals surface area contributed by atoms with E-state index in [4.69, 9.17) is 5.73 Å². The first-order valence-corrected chi connectivity index (χ1v) is 23.6. The van der Waals surface area contributed by atoms with Crippen molar-refractivity contribution in [3.8, 4) is 0 Å². The molecule has 0 aromatic heterocycles. The average molecular weight is 941 g/mol. The lowest BCUT2D eigenvalue weighted by atomic mass is 9.82. The van der Waals surface area contributed by atoms with Crippen molar-refractivity contribution in [3.05, 3.63) is 125 Å². The molecule has 1 aliphatic carbocycles. The number of benzene rings is 4. The van der Waals surface area contributed by atoms with Crippen LogP contribution in [0.3, 0.4) is 0 Å². The van der Waals surface area contributed by atoms with Gasteiger partial charge in [0.05, 0.1) is 38.0 Å². The molecule has 0 saturated carbocycles. The Morgan fingerprint density at radius 3 is 2.14 bits per heavy atom. The maximum absolute atomic E-state index is 13.8. The number of sulfone groups is 1. The molecule has 0 bridgehead atoms. The standard InChI is InChI=1S/C45H47N7O12S2/c1-4-36(53)48-25(2)42(56)49-26(3)45(59)52-20-11-18-34(52)44(58)51-33(22-27-12-6-5-7-13-27)43(57)47-19-21-65(60,61)29-15-10-14-28(23-29)50-32-24-35(66(62,63)64)39(46)38-37(32)40(54)30-16-8-9-17-31(30)41(38)55/h4-10,12-17,23-26,33-34,50H,1,11,18-22,46H2,2-3H3,(H,47,57)(H,48,53)(H,49,56)(H,51,58)(H,62,63,64)/p-1. The molecule has 1 aliphatic heterocycles. The van der Waals surface area contributed by atoms with Crippen molar-refractivity contribution in [1.82, 2.24) is 26.2 Å². The number of nitrogens with one attached hydrogen (secondary N) is 5. The third-order valence-corrected chi connectivity index (χ3v) is 13.6. The highest BCUT2D eigenvalue weighted by Gasteiger charge is 2.39. The highest BCUT2D eigenvalue weighted by atomic mass is 32.2. The summed E-state index contributed by atoms with van der Waals surface area (Å²) in [6, 6.07) is 16.3. The van der Waals surface area contributed by atoms with Crippen LogP contribution in [0.5, 0.6) is 0 Å². The fourth-order valence-electron chi connectivity index (χ4n) is 7.69. The van der Waals surface area contributed by atoms with Crippen LogP contribution in [0.15, 0.2) is 107 Å². The van der Waals surface area contributed by atoms with Crippen molar-refractivity contribution in [2.24, 2.45) is 0 Å². The lowest BCUT2D eigenvalue weighted by Gasteiger charge is -2.29. The molecule has 7 N–H and O–H groups in total. The van der Waals surface area contributed by atoms with E-state index in [1.54, 1.807) is 30.3 Å². The maximum Gasteiger partial charge on any atom is 0.245 e. The first-order valence-electron chi connectivity index (χ1n) is 20.6. The second kappa shape index (κ2) is 19.9. The summed E-state index contributed by atoms with van der Waals surface area (Å²) in [5.74, 6) is -5.24. The SMILES string of the molecule is C=CC(=O)NC(C)C(=O)NC(C)C(=O)N1CCCC1C(=O)NC(Cc1ccccc1)C(=O)NCCS(=O)(=O)c1cccc(Nc2cc(S(=O)(=O)[O-])c(N)c3c2C(=O)c2ccccc2C3=O)c1. The first-order chi connectivity index (χ1) is 31.2. The van der Waals surface area contributed by atoms with Gasteiger partial charge < -0.3 is 41.8 Å². The van der Waals surface area contributed by atoms with E-state index >= 15 is 0 Å². The minimum Gasteiger partial charge on any atom is -0.744 e. The fraction of sp³-hybridized carbons (Fsp3) is 0.267. The second-order valence-electron chi connectivity index (χ2n) is 15.6. The Bertz CT molecular complexity index is 2870. The largest absolute Gasteiger partial charge is 0.744 e. The van der Waals surface area contributed by atoms with Crippen LogP contribution in [0, 0.1) is 0 Å². The molecule has 4 aromatic rings. The van der Waals surface area contributed by atoms with E-state index in [-0.39, 0.29) is 52.3 Å². The highest BCUT2D eigenvalue weighted by Crippen LogP contribution is 2.40. The number of rotatable bonds is 17. The molecular formula is C45H46N7O12S2-. The zero-order valence-corrected chi connectivity index (χ0v) is 37.3. The number of amides is 5. The molecule has 2 aliphatic rings. The van der Waals surface area contributed by atoms with Crippen molar-refractivity contribution < 1.29 is 55.0 Å². The van der Waals surface area contributed by atoms with Crippen LogP contribution in [0.1, 0.15) is 64.1 Å². The van der Waals surface area contributed by atoms with Gasteiger partial charge in [0.25, 0.3) is 0 Å². The van der Waals surface area contributed by atoms with E-state index < -0.39 is 114 Å². The minimum absolute atomic E-state index is 0.00417. The van der Waals surface area contributed by atoms with Gasteiger partial charge in [-0.25, -0.2) is 16.8 Å². The molecule has 21 heteroatoms. The number of carbonyl (C=O) groups is 7. The van der Waals surface area contributed by atoms with Gasteiger partial charge in [-0.15, -0.1) is 0 Å². The highest BCUT2D eigenvalue weighted by molar-refractivity contribution is 7.91. The topological polar surface area (TPSA) is 300 Å². The molecule has 1 heterocycles. The zero-order chi connectivity index (χ0) is 48.1. The van der Waals surface area contributed by atoms with Crippen LogP contribution in [0.4, 0.5) is 17.1 Å². The number of fused-ring (bicyclic) bond motifs is 2. The van der Waals surface area contributed by atoms with Crippen molar-refractivity contribution >= 4 is 78.1 Å². The summed E-state index contributed by atoms with van der Waals surface area (Å²) in [6.07, 6.45) is 1.72. The van der Waals surface area contributed by atoms with Crippen LogP contribution in [-0.4, -0.2) is 110 Å². The molecule has 66 heavy (non-hydrogen) atoms. The van der Waals surface area contributed by atoms with E-state index in [0.29, 0.717) is 12.0 Å². The fourth-order valence-corrected chi connectivity index (χ4v) is 9.52. The van der Waals surface area contributed by atoms with Crippen LogP contribution < -0.4 is 32.3 Å². The minimum atomic E-state index is -5.28. The van der Waals surface area contributed by atoms with E-state index in [2.05, 4.69) is 33.2 Å². The van der Waals surface area contributed by atoms with E-state index in [9.17, 15) is 55.0 Å². The number of hydrogen-bond acceptors (Lipinski definition) is 14. The van der Waals surface area contributed by atoms with E-state index in [1.165, 1.54) is 67.3 Å². The molecule has 4 atom stereocenters. The summed E-state index contributed by atoms with van der Waals surface area (Å²) in [7, 11) is -9.46. The molecular weight excluding hydrogens is 895 g/mol. The molecule has 4 unspecified atom stereocenters. The van der Waals surface area contributed by atoms with Crippen LogP contribution in [0.2, 0.25) is 0 Å². The lowest BCUT2D eigenvalue weighted by Crippen LogP contribution is -2.57. The molecule has 346 valence electrons. The molecule has 0 spiro atoms. The van der Waals surface area contributed by atoms with Gasteiger partial charge in [-0.05, 0) is 62.6 Å². The van der Waals surface area contributed by atoms with Crippen LogP contribution in [0.25, 0.3) is 0 Å². The van der Waals surface area contributed by atoms with Crippen molar-refractivity contribution in [2.45, 2.75) is 67.1 Å². The van der Waals surface area contributed by atoms with Crippen molar-refractivity contribution in [1.29, 1.82) is 0 Å². The predicted molar refractivity (Wildman–Crippen MR) is 239 cm³/mol. The van der Waals surface area contributed by atoms with E-state index in [1.807, 2.05) is 0 Å². The number of likely N-dealkylation sites (tertiary alicyclic amines) is 1. The Morgan fingerprint density at radius 1 is 0.833 bits per heavy atom. The third kappa shape index (κ3) is 10.6. The summed E-state index contributed by atoms with van der Waals surface area (Å²) in [6.45, 7) is 6.00. The molecule has 0 radical (unpaired) electrons. The molecule has 1 saturated heterocycles. The van der Waals surface area contributed by atoms with Gasteiger partial charge in [0.2, 0.25) is 29.5 Å². The van der Waals surface area contributed by atoms with Gasteiger partial charge in [0.1, 0.15) is 34.3 Å². The quantitative estimate of drug-likeness (QED) is 0.0438. The number of ketones is 2. The monoisotopic (exact) mass is 940 g/mol. The molecule has 4 aromatic carbocycles. The lowest BCUT2D eigenvalue weighted by molar-refractivity contribution is -0.142. The van der Waals surface area contributed by atoms with Crippen molar-refractivity contribution in [2.75, 3.05) is 29.9 Å². The Morgan fingerprint density at radius 2 is 1.48 bits per heavy atom. The summed E-state index contributed by atoms with van der Waals surface area (Å²) in [5, 5.41) is 13.0. The van der Waals surface area contributed by atoms with Crippen LogP contribution in [-0.2, 0) is 50.3 Å². The van der Waals surface area contributed by atoms with Gasteiger partial charge in [-0.3, -0.25) is 33.6 Å². The summed E-state index contributed by atoms with van der Waals surface area (Å²) >= 11 is 0. The number of anilines is 3.